The third-order valence-electron chi connectivity index (χ3n) is 3.52. The van der Waals surface area contributed by atoms with E-state index >= 15 is 0 Å². The Balaban J connectivity index is 2.03. The fraction of sp³-hybridized carbons (Fsp3) is 0.643. The smallest absolute Gasteiger partial charge is 0.226 e. The summed E-state index contributed by atoms with van der Waals surface area (Å²) < 4.78 is 0. The molecule has 1 aliphatic rings. The maximum Gasteiger partial charge on any atom is 0.226 e. The van der Waals surface area contributed by atoms with E-state index in [1.54, 1.807) is 6.33 Å². The number of rotatable bonds is 5. The van der Waals surface area contributed by atoms with Crippen molar-refractivity contribution in [1.29, 1.82) is 0 Å². The molecule has 1 amide bonds. The van der Waals surface area contributed by atoms with Crippen LogP contribution in [0, 0.1) is 5.92 Å². The zero-order valence-electron chi connectivity index (χ0n) is 11.2. The zero-order chi connectivity index (χ0) is 13.0. The number of fused-ring (bicyclic) bond motifs is 1. The Kier molecular flexibility index (Phi) is 4.28. The highest BCUT2D eigenvalue weighted by atomic mass is 16.2. The summed E-state index contributed by atoms with van der Waals surface area (Å²) in [6.45, 7) is 5.61. The van der Waals surface area contributed by atoms with Crippen LogP contribution < -0.4 is 0 Å². The van der Waals surface area contributed by atoms with Crippen LogP contribution in [0.3, 0.4) is 0 Å². The van der Waals surface area contributed by atoms with Crippen molar-refractivity contribution in [2.24, 2.45) is 5.92 Å². The molecule has 0 radical (unpaired) electrons. The van der Waals surface area contributed by atoms with Gasteiger partial charge in [0.2, 0.25) is 5.91 Å². The summed E-state index contributed by atoms with van der Waals surface area (Å²) in [5.41, 5.74) is 2.10. The molecule has 0 aliphatic carbocycles. The standard InChI is InChI=1S/C14H21N3O/c1-3-5-11(6-4-2)14(18)17-8-12-7-15-10-16-13(12)9-17/h7,10-11H,3-6,8-9H2,1-2H3. The molecule has 1 aromatic heterocycles. The number of nitrogens with zero attached hydrogens (tertiary/aromatic N) is 3. The highest BCUT2D eigenvalue weighted by molar-refractivity contribution is 5.79. The Hall–Kier alpha value is -1.45. The van der Waals surface area contributed by atoms with Crippen molar-refractivity contribution in [3.05, 3.63) is 23.8 Å². The number of hydrogen-bond acceptors (Lipinski definition) is 3. The first-order valence-electron chi connectivity index (χ1n) is 6.82. The van der Waals surface area contributed by atoms with Crippen LogP contribution in [0.5, 0.6) is 0 Å². The number of carbonyl (C=O) groups is 1. The topological polar surface area (TPSA) is 46.1 Å². The van der Waals surface area contributed by atoms with E-state index in [1.807, 2.05) is 11.1 Å². The first-order chi connectivity index (χ1) is 8.76. The van der Waals surface area contributed by atoms with Crippen molar-refractivity contribution >= 4 is 5.91 Å². The summed E-state index contributed by atoms with van der Waals surface area (Å²) in [5, 5.41) is 0. The van der Waals surface area contributed by atoms with Crippen LogP contribution >= 0.6 is 0 Å². The molecule has 0 spiro atoms. The van der Waals surface area contributed by atoms with Crippen molar-refractivity contribution in [1.82, 2.24) is 14.9 Å². The second-order valence-corrected chi connectivity index (χ2v) is 4.96. The highest BCUT2D eigenvalue weighted by Crippen LogP contribution is 2.24. The summed E-state index contributed by atoms with van der Waals surface area (Å²) in [4.78, 5) is 22.7. The molecule has 4 nitrogen and oxygen atoms in total. The molecule has 0 saturated carbocycles. The molecule has 0 saturated heterocycles. The van der Waals surface area contributed by atoms with Crippen molar-refractivity contribution in [3.63, 3.8) is 0 Å². The summed E-state index contributed by atoms with van der Waals surface area (Å²) in [5.74, 6) is 0.471. The van der Waals surface area contributed by atoms with Gasteiger partial charge in [-0.2, -0.15) is 0 Å². The molecule has 4 heteroatoms. The van der Waals surface area contributed by atoms with E-state index in [2.05, 4.69) is 23.8 Å². The Bertz CT molecular complexity index is 388. The van der Waals surface area contributed by atoms with Crippen LogP contribution in [-0.4, -0.2) is 20.8 Å². The second kappa shape index (κ2) is 5.94. The third kappa shape index (κ3) is 2.68. The molecule has 0 bridgehead atoms. The van der Waals surface area contributed by atoms with Gasteiger partial charge in [-0.15, -0.1) is 0 Å². The number of hydrogen-bond donors (Lipinski definition) is 0. The lowest BCUT2D eigenvalue weighted by molar-refractivity contribution is -0.136. The van der Waals surface area contributed by atoms with Gasteiger partial charge in [0.05, 0.1) is 12.2 Å². The monoisotopic (exact) mass is 247 g/mol. The van der Waals surface area contributed by atoms with Crippen molar-refractivity contribution < 1.29 is 4.79 Å². The highest BCUT2D eigenvalue weighted by Gasteiger charge is 2.28. The molecule has 0 aromatic carbocycles. The molecular weight excluding hydrogens is 226 g/mol. The molecule has 2 rings (SSSR count). The van der Waals surface area contributed by atoms with Gasteiger partial charge < -0.3 is 4.90 Å². The summed E-state index contributed by atoms with van der Waals surface area (Å²) in [7, 11) is 0. The number of amides is 1. The fourth-order valence-electron chi connectivity index (χ4n) is 2.60. The molecular formula is C14H21N3O. The van der Waals surface area contributed by atoms with E-state index in [0.717, 1.165) is 36.9 Å². The van der Waals surface area contributed by atoms with Gasteiger partial charge in [0.15, 0.2) is 0 Å². The lowest BCUT2D eigenvalue weighted by atomic mass is 9.97. The van der Waals surface area contributed by atoms with E-state index in [1.165, 1.54) is 0 Å². The molecule has 1 aliphatic heterocycles. The Morgan fingerprint density at radius 2 is 2.06 bits per heavy atom. The molecule has 18 heavy (non-hydrogen) atoms. The van der Waals surface area contributed by atoms with E-state index in [0.29, 0.717) is 13.1 Å². The van der Waals surface area contributed by atoms with Gasteiger partial charge in [-0.25, -0.2) is 9.97 Å². The van der Waals surface area contributed by atoms with Crippen LogP contribution in [0.1, 0.15) is 50.8 Å². The molecule has 0 atom stereocenters. The predicted molar refractivity (Wildman–Crippen MR) is 69.6 cm³/mol. The molecule has 0 unspecified atom stereocenters. The van der Waals surface area contributed by atoms with Crippen LogP contribution in [0.15, 0.2) is 12.5 Å². The number of carbonyl (C=O) groups excluding carboxylic acids is 1. The third-order valence-corrected chi connectivity index (χ3v) is 3.52. The molecule has 0 N–H and O–H groups in total. The summed E-state index contributed by atoms with van der Waals surface area (Å²) in [6.07, 6.45) is 7.50. The van der Waals surface area contributed by atoms with Gasteiger partial charge >= 0.3 is 0 Å². The minimum Gasteiger partial charge on any atom is -0.332 e. The largest absolute Gasteiger partial charge is 0.332 e. The minimum atomic E-state index is 0.183. The quantitative estimate of drug-likeness (QED) is 0.803. The van der Waals surface area contributed by atoms with Gasteiger partial charge in [-0.1, -0.05) is 26.7 Å². The van der Waals surface area contributed by atoms with Crippen LogP contribution in [0.2, 0.25) is 0 Å². The molecule has 0 fully saturated rings. The summed E-state index contributed by atoms with van der Waals surface area (Å²) in [6, 6.07) is 0. The van der Waals surface area contributed by atoms with Crippen LogP contribution in [0.25, 0.3) is 0 Å². The van der Waals surface area contributed by atoms with Gasteiger partial charge in [-0.05, 0) is 12.8 Å². The Morgan fingerprint density at radius 3 is 2.67 bits per heavy atom. The average Bonchev–Trinajstić information content (AvgIpc) is 2.81. The zero-order valence-corrected chi connectivity index (χ0v) is 11.2. The van der Waals surface area contributed by atoms with E-state index in [9.17, 15) is 4.79 Å². The van der Waals surface area contributed by atoms with Crippen LogP contribution in [0.4, 0.5) is 0 Å². The first kappa shape index (κ1) is 13.0. The SMILES string of the molecule is CCCC(CCC)C(=O)N1Cc2cncnc2C1. The van der Waals surface area contributed by atoms with Crippen molar-refractivity contribution in [2.45, 2.75) is 52.6 Å². The Labute approximate surface area is 108 Å². The lowest BCUT2D eigenvalue weighted by Gasteiger charge is -2.22. The second-order valence-electron chi connectivity index (χ2n) is 4.96. The lowest BCUT2D eigenvalue weighted by Crippen LogP contribution is -2.32. The van der Waals surface area contributed by atoms with E-state index < -0.39 is 0 Å². The maximum absolute atomic E-state index is 12.5. The maximum atomic E-state index is 12.5. The van der Waals surface area contributed by atoms with Gasteiger partial charge in [0.25, 0.3) is 0 Å². The molecule has 2 heterocycles. The molecule has 1 aromatic rings. The first-order valence-corrected chi connectivity index (χ1v) is 6.82. The normalized spacial score (nSPS) is 14.1. The van der Waals surface area contributed by atoms with Gasteiger partial charge in [0.1, 0.15) is 6.33 Å². The average molecular weight is 247 g/mol. The predicted octanol–water partition coefficient (Wildman–Crippen LogP) is 2.54. The van der Waals surface area contributed by atoms with Crippen LogP contribution in [-0.2, 0) is 17.9 Å². The van der Waals surface area contributed by atoms with Crippen molar-refractivity contribution in [2.75, 3.05) is 0 Å². The number of aromatic nitrogens is 2. The fourth-order valence-corrected chi connectivity index (χ4v) is 2.60. The van der Waals surface area contributed by atoms with E-state index in [4.69, 9.17) is 0 Å². The summed E-state index contributed by atoms with van der Waals surface area (Å²) >= 11 is 0. The van der Waals surface area contributed by atoms with E-state index in [-0.39, 0.29) is 11.8 Å². The Morgan fingerprint density at radius 1 is 1.33 bits per heavy atom. The van der Waals surface area contributed by atoms with Crippen molar-refractivity contribution in [3.8, 4) is 0 Å². The molecule has 98 valence electrons. The van der Waals surface area contributed by atoms with Gasteiger partial charge in [-0.3, -0.25) is 4.79 Å². The minimum absolute atomic E-state index is 0.183. The van der Waals surface area contributed by atoms with Gasteiger partial charge in [0, 0.05) is 24.2 Å².